The van der Waals surface area contributed by atoms with Crippen molar-refractivity contribution in [2.75, 3.05) is 48.6 Å². The van der Waals surface area contributed by atoms with Crippen molar-refractivity contribution in [1.82, 2.24) is 4.90 Å². The third kappa shape index (κ3) is 2.15. The number of aliphatic hydroxyl groups is 4. The van der Waals surface area contributed by atoms with Gasteiger partial charge in [-0.15, -0.1) is 0 Å². The number of nitrogens with zero attached hydrogens (tertiary/aromatic N) is 1. The molecule has 0 amide bonds. The van der Waals surface area contributed by atoms with E-state index < -0.39 is 46.8 Å². The summed E-state index contributed by atoms with van der Waals surface area (Å²) >= 11 is 0. The Bertz CT molecular complexity index is 830. The molecule has 0 aromatic rings. The van der Waals surface area contributed by atoms with Crippen LogP contribution in [0.2, 0.25) is 0 Å². The number of likely N-dealkylation sites (tertiary alicyclic amines) is 1. The molecule has 33 heavy (non-hydrogen) atoms. The monoisotopic (exact) mass is 469 g/mol. The molecule has 6 aliphatic rings. The summed E-state index contributed by atoms with van der Waals surface area (Å²) in [5, 5.41) is 47.3. The van der Waals surface area contributed by atoms with Gasteiger partial charge in [-0.1, -0.05) is 0 Å². The molecular formula is C24H39NO8. The summed E-state index contributed by atoms with van der Waals surface area (Å²) in [5.74, 6) is -1.44. The fourth-order valence-corrected chi connectivity index (χ4v) is 10.9. The summed E-state index contributed by atoms with van der Waals surface area (Å²) < 4.78 is 23.9. The zero-order chi connectivity index (χ0) is 23.7. The fraction of sp³-hybridized carbons (Fsp3) is 1.00. The first kappa shape index (κ1) is 23.1. The van der Waals surface area contributed by atoms with Crippen LogP contribution < -0.4 is 0 Å². The number of rotatable bonds is 5. The van der Waals surface area contributed by atoms with E-state index >= 15 is 0 Å². The third-order valence-corrected chi connectivity index (χ3v) is 11.3. The minimum absolute atomic E-state index is 0.00206. The van der Waals surface area contributed by atoms with Crippen molar-refractivity contribution in [2.45, 2.75) is 67.0 Å². The van der Waals surface area contributed by atoms with Gasteiger partial charge in [-0.05, 0) is 32.2 Å². The zero-order valence-electron chi connectivity index (χ0n) is 20.2. The predicted octanol–water partition coefficient (Wildman–Crippen LogP) is -1.15. The van der Waals surface area contributed by atoms with Crippen LogP contribution in [0, 0.1) is 34.5 Å². The molecule has 6 fully saturated rings. The number of hydrogen-bond donors (Lipinski definition) is 4. The molecule has 5 aliphatic carbocycles. The Morgan fingerprint density at radius 3 is 2.30 bits per heavy atom. The average Bonchev–Trinajstić information content (AvgIpc) is 3.16. The van der Waals surface area contributed by atoms with Gasteiger partial charge >= 0.3 is 0 Å². The lowest BCUT2D eigenvalue weighted by atomic mass is 9.43. The molecule has 6 rings (SSSR count). The first-order valence-corrected chi connectivity index (χ1v) is 12.2. The number of piperidine rings is 1. The Hall–Kier alpha value is -0.360. The maximum absolute atomic E-state index is 12.5. The van der Waals surface area contributed by atoms with Crippen molar-refractivity contribution in [3.05, 3.63) is 0 Å². The Balaban J connectivity index is 1.66. The van der Waals surface area contributed by atoms with E-state index in [9.17, 15) is 20.4 Å². The van der Waals surface area contributed by atoms with Crippen LogP contribution in [0.5, 0.6) is 0 Å². The van der Waals surface area contributed by atoms with Gasteiger partial charge in [-0.25, -0.2) is 0 Å². The Morgan fingerprint density at radius 2 is 1.70 bits per heavy atom. The molecule has 0 aromatic carbocycles. The van der Waals surface area contributed by atoms with Crippen LogP contribution in [0.4, 0.5) is 0 Å². The number of ether oxygens (including phenoxy) is 4. The van der Waals surface area contributed by atoms with Gasteiger partial charge in [-0.2, -0.15) is 0 Å². The van der Waals surface area contributed by atoms with Gasteiger partial charge in [0.25, 0.3) is 0 Å². The lowest BCUT2D eigenvalue weighted by Gasteiger charge is -2.69. The molecule has 0 radical (unpaired) electrons. The van der Waals surface area contributed by atoms with Crippen molar-refractivity contribution in [3.8, 4) is 0 Å². The molecule has 1 spiro atoms. The van der Waals surface area contributed by atoms with Crippen molar-refractivity contribution in [2.24, 2.45) is 34.5 Å². The van der Waals surface area contributed by atoms with E-state index in [0.29, 0.717) is 6.61 Å². The molecule has 9 nitrogen and oxygen atoms in total. The summed E-state index contributed by atoms with van der Waals surface area (Å²) in [6.07, 6.45) is -2.14. The molecule has 14 atom stereocenters. The van der Waals surface area contributed by atoms with E-state index in [-0.39, 0.29) is 41.9 Å². The highest BCUT2D eigenvalue weighted by atomic mass is 16.5. The topological polar surface area (TPSA) is 121 Å². The molecule has 1 aliphatic heterocycles. The molecule has 4 N–H and O–H groups in total. The van der Waals surface area contributed by atoms with E-state index in [0.717, 1.165) is 19.4 Å². The molecule has 9 heteroatoms. The average molecular weight is 470 g/mol. The molecular weight excluding hydrogens is 430 g/mol. The summed E-state index contributed by atoms with van der Waals surface area (Å²) in [5.41, 5.74) is -3.98. The van der Waals surface area contributed by atoms with Crippen LogP contribution >= 0.6 is 0 Å². The van der Waals surface area contributed by atoms with Gasteiger partial charge in [0.2, 0.25) is 0 Å². The van der Waals surface area contributed by atoms with Crippen molar-refractivity contribution in [3.63, 3.8) is 0 Å². The van der Waals surface area contributed by atoms with Crippen LogP contribution in [0.3, 0.4) is 0 Å². The minimum atomic E-state index is -1.67. The molecule has 1 heterocycles. The standard InChI is InChI=1S/C24H39NO8/c1-25-9-21(10-30-2)7-6-12(31-3)23-11-8-22(28)18(26)13(11)24(29,19(27)20(22)33-5)14(17(23)25)15(32-4)16(21)23/h11-20,26-29H,6-10H2,1-5H3/t11-,12+,13+,14+,15-,16+,17-,18-,19-,20-,21+,22-,23+,24-/m1/s1. The summed E-state index contributed by atoms with van der Waals surface area (Å²) in [6.45, 7) is 1.36. The second kappa shape index (κ2) is 6.89. The first-order valence-electron chi connectivity index (χ1n) is 12.2. The van der Waals surface area contributed by atoms with E-state index in [1.54, 1.807) is 21.3 Å². The van der Waals surface area contributed by atoms with Gasteiger partial charge in [0.15, 0.2) is 0 Å². The normalized spacial score (nSPS) is 63.2. The third-order valence-electron chi connectivity index (χ3n) is 11.3. The SMILES string of the molecule is COC[C@@]12CC[C@H](OC)[C@@]34[C@@H]5C[C@@]6(O)[C@H](O)[C@H]5[C@@](O)([C@@H]([C@@H](OC)[C@@H]13)[C@H]4N(C)C2)[C@H](O)[C@H]6OC. The Morgan fingerprint density at radius 1 is 0.970 bits per heavy atom. The van der Waals surface area contributed by atoms with Crippen molar-refractivity contribution < 1.29 is 39.4 Å². The number of hydrogen-bond acceptors (Lipinski definition) is 9. The molecule has 1 saturated heterocycles. The Labute approximate surface area is 194 Å². The largest absolute Gasteiger partial charge is 0.390 e. The predicted molar refractivity (Wildman–Crippen MR) is 115 cm³/mol. The van der Waals surface area contributed by atoms with Crippen LogP contribution in [-0.4, -0.2) is 122 Å². The molecule has 7 bridgehead atoms. The van der Waals surface area contributed by atoms with E-state index in [4.69, 9.17) is 18.9 Å². The fourth-order valence-electron chi connectivity index (χ4n) is 10.9. The molecule has 0 aromatic heterocycles. The maximum atomic E-state index is 12.5. The van der Waals surface area contributed by atoms with E-state index in [2.05, 4.69) is 11.9 Å². The first-order chi connectivity index (χ1) is 15.6. The molecule has 0 unspecified atom stereocenters. The number of aliphatic hydroxyl groups excluding tert-OH is 2. The van der Waals surface area contributed by atoms with Gasteiger partial charge in [0.1, 0.15) is 23.4 Å². The number of fused-ring (bicyclic) bond motifs is 2. The van der Waals surface area contributed by atoms with Gasteiger partial charge < -0.3 is 44.3 Å². The van der Waals surface area contributed by atoms with Crippen LogP contribution in [-0.2, 0) is 18.9 Å². The van der Waals surface area contributed by atoms with Crippen LogP contribution in [0.25, 0.3) is 0 Å². The smallest absolute Gasteiger partial charge is 0.120 e. The van der Waals surface area contributed by atoms with Crippen LogP contribution in [0.1, 0.15) is 19.3 Å². The van der Waals surface area contributed by atoms with Gasteiger partial charge in [-0.3, -0.25) is 0 Å². The zero-order valence-corrected chi connectivity index (χ0v) is 20.2. The maximum Gasteiger partial charge on any atom is 0.120 e. The van der Waals surface area contributed by atoms with E-state index in [1.165, 1.54) is 7.11 Å². The molecule has 188 valence electrons. The van der Waals surface area contributed by atoms with Gasteiger partial charge in [0.05, 0.1) is 24.9 Å². The lowest BCUT2D eigenvalue weighted by Crippen LogP contribution is -2.79. The second-order valence-corrected chi connectivity index (χ2v) is 11.9. The summed E-state index contributed by atoms with van der Waals surface area (Å²) in [4.78, 5) is 2.31. The summed E-state index contributed by atoms with van der Waals surface area (Å²) in [7, 11) is 8.66. The van der Waals surface area contributed by atoms with Crippen LogP contribution in [0.15, 0.2) is 0 Å². The van der Waals surface area contributed by atoms with Crippen molar-refractivity contribution >= 4 is 0 Å². The summed E-state index contributed by atoms with van der Waals surface area (Å²) in [6, 6.07) is -0.131. The highest BCUT2D eigenvalue weighted by molar-refractivity contribution is 5.39. The second-order valence-electron chi connectivity index (χ2n) is 11.9. The Kier molecular flexibility index (Phi) is 4.82. The highest BCUT2D eigenvalue weighted by Gasteiger charge is 2.89. The molecule has 5 saturated carbocycles. The highest BCUT2D eigenvalue weighted by Crippen LogP contribution is 2.79. The quantitative estimate of drug-likeness (QED) is 0.396. The van der Waals surface area contributed by atoms with E-state index in [1.807, 2.05) is 0 Å². The van der Waals surface area contributed by atoms with Crippen molar-refractivity contribution in [1.29, 1.82) is 0 Å². The lowest BCUT2D eigenvalue weighted by molar-refractivity contribution is -0.314. The number of methoxy groups -OCH3 is 4. The van der Waals surface area contributed by atoms with Gasteiger partial charge in [0, 0.05) is 69.6 Å². The minimum Gasteiger partial charge on any atom is -0.390 e.